The number of H-pyrrole nitrogens is 1. The van der Waals surface area contributed by atoms with E-state index in [1.807, 2.05) is 23.9 Å². The van der Waals surface area contributed by atoms with E-state index in [0.29, 0.717) is 17.1 Å². The number of rotatable bonds is 1. The van der Waals surface area contributed by atoms with Gasteiger partial charge in [-0.1, -0.05) is 35.1 Å². The molecule has 5 rings (SSSR count). The van der Waals surface area contributed by atoms with Crippen molar-refractivity contribution in [3.63, 3.8) is 0 Å². The lowest BCUT2D eigenvalue weighted by Crippen LogP contribution is -2.33. The Morgan fingerprint density at radius 1 is 1.14 bits per heavy atom. The highest BCUT2D eigenvalue weighted by molar-refractivity contribution is 8.00. The number of fused-ring (bicyclic) bond motifs is 6. The van der Waals surface area contributed by atoms with E-state index in [-0.39, 0.29) is 4.87 Å². The molecule has 2 aliphatic carbocycles. The van der Waals surface area contributed by atoms with Gasteiger partial charge in [-0.2, -0.15) is 0 Å². The van der Waals surface area contributed by atoms with E-state index in [2.05, 4.69) is 17.1 Å². The SMILES string of the molecule is O=c1[nH]c2c(s1)[C@H](c1ccc(Cl)cc1)[C@H]1[C@@H]3CC[C@H](C3)[C@H]1S2. The van der Waals surface area contributed by atoms with Crippen LogP contribution in [0, 0.1) is 17.8 Å². The quantitative estimate of drug-likeness (QED) is 0.806. The first-order valence-electron chi connectivity index (χ1n) is 7.86. The van der Waals surface area contributed by atoms with E-state index in [4.69, 9.17) is 11.6 Å². The first kappa shape index (κ1) is 13.7. The molecule has 0 radical (unpaired) electrons. The second-order valence-electron chi connectivity index (χ2n) is 6.73. The largest absolute Gasteiger partial charge is 0.307 e. The normalized spacial score (nSPS) is 35.4. The number of aromatic amines is 1. The molecule has 1 aliphatic heterocycles. The number of hydrogen-bond acceptors (Lipinski definition) is 3. The van der Waals surface area contributed by atoms with Crippen LogP contribution in [0.3, 0.4) is 0 Å². The Bertz CT molecular complexity index is 781. The summed E-state index contributed by atoms with van der Waals surface area (Å²) in [5.74, 6) is 2.72. The van der Waals surface area contributed by atoms with Crippen LogP contribution in [0.1, 0.15) is 35.6 Å². The number of thiazole rings is 1. The average molecular weight is 350 g/mol. The van der Waals surface area contributed by atoms with Gasteiger partial charge in [0.1, 0.15) is 0 Å². The van der Waals surface area contributed by atoms with Crippen LogP contribution in [0.4, 0.5) is 0 Å². The summed E-state index contributed by atoms with van der Waals surface area (Å²) in [5.41, 5.74) is 1.32. The van der Waals surface area contributed by atoms with Crippen molar-refractivity contribution >= 4 is 34.7 Å². The molecule has 0 saturated heterocycles. The molecule has 2 fully saturated rings. The molecule has 2 bridgehead atoms. The van der Waals surface area contributed by atoms with Gasteiger partial charge in [-0.05, 0) is 54.7 Å². The van der Waals surface area contributed by atoms with Gasteiger partial charge in [0.2, 0.25) is 0 Å². The summed E-state index contributed by atoms with van der Waals surface area (Å²) in [5, 5.41) is 2.59. The maximum atomic E-state index is 11.9. The van der Waals surface area contributed by atoms with Crippen molar-refractivity contribution in [2.24, 2.45) is 17.8 Å². The van der Waals surface area contributed by atoms with Crippen molar-refractivity contribution in [1.82, 2.24) is 4.98 Å². The zero-order valence-corrected chi connectivity index (χ0v) is 14.3. The van der Waals surface area contributed by atoms with E-state index in [0.717, 1.165) is 21.9 Å². The maximum absolute atomic E-state index is 11.9. The fourth-order valence-electron chi connectivity index (χ4n) is 4.89. The standard InChI is InChI=1S/C17H16ClNOS2/c18-11-5-3-8(4-6-11)12-13-9-1-2-10(7-9)14(13)21-16-15(12)22-17(20)19-16/h3-6,9-10,12-14H,1-2,7H2,(H,19,20)/t9-,10-,12-,13-,14-/m1/s1. The monoisotopic (exact) mass is 349 g/mol. The van der Waals surface area contributed by atoms with E-state index in [1.165, 1.54) is 41.0 Å². The average Bonchev–Trinajstić information content (AvgIpc) is 3.19. The van der Waals surface area contributed by atoms with Gasteiger partial charge in [-0.15, -0.1) is 11.8 Å². The Labute approximate surface area is 142 Å². The highest BCUT2D eigenvalue weighted by Crippen LogP contribution is 2.63. The van der Waals surface area contributed by atoms with Crippen molar-refractivity contribution in [2.45, 2.75) is 35.5 Å². The van der Waals surface area contributed by atoms with Gasteiger partial charge in [0.15, 0.2) is 0 Å². The number of hydrogen-bond donors (Lipinski definition) is 1. The summed E-state index contributed by atoms with van der Waals surface area (Å²) in [6.45, 7) is 0. The number of halogens is 1. The van der Waals surface area contributed by atoms with E-state index in [1.54, 1.807) is 0 Å². The van der Waals surface area contributed by atoms with Crippen LogP contribution in [-0.4, -0.2) is 10.2 Å². The molecule has 0 spiro atoms. The molecule has 2 aromatic rings. The topological polar surface area (TPSA) is 32.9 Å². The van der Waals surface area contributed by atoms with Gasteiger partial charge < -0.3 is 4.98 Å². The van der Waals surface area contributed by atoms with Crippen molar-refractivity contribution in [1.29, 1.82) is 0 Å². The van der Waals surface area contributed by atoms with Gasteiger partial charge in [0.25, 0.3) is 0 Å². The fraction of sp³-hybridized carbons (Fsp3) is 0.471. The lowest BCUT2D eigenvalue weighted by Gasteiger charge is -2.40. The first-order valence-corrected chi connectivity index (χ1v) is 9.93. The molecule has 1 N–H and O–H groups in total. The maximum Gasteiger partial charge on any atom is 0.305 e. The van der Waals surface area contributed by atoms with Crippen molar-refractivity contribution in [2.75, 3.05) is 0 Å². The predicted octanol–water partition coefficient (Wildman–Crippen LogP) is 4.74. The minimum atomic E-state index is 0.0868. The molecule has 0 unspecified atom stereocenters. The lowest BCUT2D eigenvalue weighted by atomic mass is 9.75. The second kappa shape index (κ2) is 4.89. The third-order valence-electron chi connectivity index (χ3n) is 5.69. The van der Waals surface area contributed by atoms with E-state index < -0.39 is 0 Å². The molecule has 2 nitrogen and oxygen atoms in total. The molecule has 5 atom stereocenters. The van der Waals surface area contributed by atoms with Crippen LogP contribution < -0.4 is 4.87 Å². The van der Waals surface area contributed by atoms with Crippen LogP contribution in [-0.2, 0) is 0 Å². The Hall–Kier alpha value is -0.710. The summed E-state index contributed by atoms with van der Waals surface area (Å²) in [6.07, 6.45) is 4.12. The van der Waals surface area contributed by atoms with Crippen LogP contribution in [0.15, 0.2) is 34.1 Å². The smallest absolute Gasteiger partial charge is 0.305 e. The van der Waals surface area contributed by atoms with E-state index >= 15 is 0 Å². The van der Waals surface area contributed by atoms with Crippen molar-refractivity contribution < 1.29 is 0 Å². The molecule has 3 aliphatic rings. The van der Waals surface area contributed by atoms with E-state index in [9.17, 15) is 4.79 Å². The van der Waals surface area contributed by atoms with Crippen molar-refractivity contribution in [3.8, 4) is 0 Å². The minimum absolute atomic E-state index is 0.0868. The third-order valence-corrected chi connectivity index (χ3v) is 8.57. The van der Waals surface area contributed by atoms with Gasteiger partial charge in [0, 0.05) is 21.1 Å². The number of thioether (sulfide) groups is 1. The molecular formula is C17H16ClNOS2. The zero-order chi connectivity index (χ0) is 14.8. The summed E-state index contributed by atoms with van der Waals surface area (Å²) in [6, 6.07) is 8.27. The summed E-state index contributed by atoms with van der Waals surface area (Å²) < 4.78 is 0. The summed E-state index contributed by atoms with van der Waals surface area (Å²) >= 11 is 9.42. The van der Waals surface area contributed by atoms with Crippen molar-refractivity contribution in [3.05, 3.63) is 49.4 Å². The first-order chi connectivity index (χ1) is 10.7. The minimum Gasteiger partial charge on any atom is -0.307 e. The van der Waals surface area contributed by atoms with Gasteiger partial charge in [0.05, 0.1) is 5.03 Å². The molecule has 5 heteroatoms. The van der Waals surface area contributed by atoms with Gasteiger partial charge >= 0.3 is 4.87 Å². The highest BCUT2D eigenvalue weighted by atomic mass is 35.5. The second-order valence-corrected chi connectivity index (χ2v) is 9.37. The molecular weight excluding hydrogens is 334 g/mol. The third kappa shape index (κ3) is 1.90. The molecule has 1 aromatic heterocycles. The Morgan fingerprint density at radius 2 is 1.91 bits per heavy atom. The number of nitrogens with one attached hydrogen (secondary N) is 1. The van der Waals surface area contributed by atoms with Crippen LogP contribution in [0.25, 0.3) is 0 Å². The molecule has 0 amide bonds. The zero-order valence-electron chi connectivity index (χ0n) is 11.9. The van der Waals surface area contributed by atoms with Gasteiger partial charge in [-0.25, -0.2) is 0 Å². The summed E-state index contributed by atoms with van der Waals surface area (Å²) in [4.78, 5) is 16.3. The molecule has 2 heterocycles. The Morgan fingerprint density at radius 3 is 2.73 bits per heavy atom. The molecule has 114 valence electrons. The molecule has 1 aromatic carbocycles. The molecule has 2 saturated carbocycles. The summed E-state index contributed by atoms with van der Waals surface area (Å²) in [7, 11) is 0. The predicted molar refractivity (Wildman–Crippen MR) is 92.2 cm³/mol. The Kier molecular flexibility index (Phi) is 3.05. The number of benzene rings is 1. The Balaban J connectivity index is 1.68. The highest BCUT2D eigenvalue weighted by Gasteiger charge is 2.54. The van der Waals surface area contributed by atoms with Crippen LogP contribution >= 0.6 is 34.7 Å². The van der Waals surface area contributed by atoms with Gasteiger partial charge in [-0.3, -0.25) is 4.79 Å². The van der Waals surface area contributed by atoms with Crippen LogP contribution in [0.2, 0.25) is 5.02 Å². The molecule has 22 heavy (non-hydrogen) atoms. The number of aromatic nitrogens is 1. The fourth-order valence-corrected chi connectivity index (χ4v) is 7.91. The lowest BCUT2D eigenvalue weighted by molar-refractivity contribution is 0.307. The van der Waals surface area contributed by atoms with Crippen LogP contribution in [0.5, 0.6) is 0 Å².